The van der Waals surface area contributed by atoms with Crippen LogP contribution in [0.2, 0.25) is 0 Å². The first-order valence-electron chi connectivity index (χ1n) is 21.9. The number of esters is 1. The van der Waals surface area contributed by atoms with Crippen LogP contribution in [-0.2, 0) is 43.3 Å². The highest BCUT2D eigenvalue weighted by Crippen LogP contribution is 2.58. The van der Waals surface area contributed by atoms with Crippen LogP contribution in [0.3, 0.4) is 0 Å². The number of aryl methyl sites for hydroxylation is 1. The summed E-state index contributed by atoms with van der Waals surface area (Å²) in [5.41, 5.74) is 4.01. The zero-order valence-electron chi connectivity index (χ0n) is 35.0. The van der Waals surface area contributed by atoms with Gasteiger partial charge in [0.2, 0.25) is 5.76 Å². The van der Waals surface area contributed by atoms with E-state index in [2.05, 4.69) is 28.1 Å². The lowest BCUT2D eigenvalue weighted by molar-refractivity contribution is -0.141. The van der Waals surface area contributed by atoms with Crippen molar-refractivity contribution in [3.8, 4) is 17.2 Å². The lowest BCUT2D eigenvalue weighted by Gasteiger charge is -2.49. The van der Waals surface area contributed by atoms with Crippen LogP contribution in [0, 0.1) is 17.8 Å². The third-order valence-electron chi connectivity index (χ3n) is 14.1. The highest BCUT2D eigenvalue weighted by Gasteiger charge is 2.54. The number of aromatic nitrogens is 1. The Morgan fingerprint density at radius 1 is 1.11 bits per heavy atom. The van der Waals surface area contributed by atoms with Crippen LogP contribution >= 0.6 is 0 Å². The average Bonchev–Trinajstić information content (AvgIpc) is 3.93. The number of nitrogens with one attached hydrogen (secondary N) is 1. The van der Waals surface area contributed by atoms with Crippen molar-refractivity contribution in [1.29, 1.82) is 0 Å². The number of allylic oxidation sites excluding steroid dienone is 3. The van der Waals surface area contributed by atoms with Gasteiger partial charge in [0, 0.05) is 86.9 Å². The first-order chi connectivity index (χ1) is 29.7. The number of methoxy groups -OCH3 is 1. The van der Waals surface area contributed by atoms with Crippen molar-refractivity contribution in [2.24, 2.45) is 17.8 Å². The third-order valence-corrected chi connectivity index (χ3v) is 14.1. The SMILES string of the molecule is CCOC(=O)C1=C(C=O)/C2=C3\CCC(=O)[C@@H](C3)c3cc4cc[nH]c4cc3CC[C@H](CO)COc3c4c(c(CO)c(c32)O1)O[C@H]([C@@]1(O)CC=C[C@@H]2CN(CCCOC)CC[C@H]21)C4. The molecule has 2 bridgehead atoms. The predicted octanol–water partition coefficient (Wildman–Crippen LogP) is 5.26. The van der Waals surface area contributed by atoms with Gasteiger partial charge in [0.15, 0.2) is 6.29 Å². The van der Waals surface area contributed by atoms with Gasteiger partial charge in [0.1, 0.15) is 34.7 Å². The molecule has 5 heterocycles. The number of piperidine rings is 1. The van der Waals surface area contributed by atoms with Gasteiger partial charge in [0.05, 0.1) is 36.5 Å². The maximum absolute atomic E-state index is 14.1. The molecule has 1 aromatic heterocycles. The van der Waals surface area contributed by atoms with Crippen LogP contribution in [0.15, 0.2) is 53.5 Å². The van der Waals surface area contributed by atoms with Gasteiger partial charge in [-0.05, 0) is 99.0 Å². The Bertz CT molecular complexity index is 2320. The van der Waals surface area contributed by atoms with Crippen molar-refractivity contribution in [1.82, 2.24) is 9.88 Å². The van der Waals surface area contributed by atoms with Crippen LogP contribution in [0.1, 0.15) is 85.6 Å². The topological polar surface area (TPSA) is 177 Å². The number of fused-ring (bicyclic) bond motifs is 8. The molecule has 6 atom stereocenters. The molecule has 13 heteroatoms. The molecule has 3 aromatic rings. The number of hydrogen-bond acceptors (Lipinski definition) is 12. The summed E-state index contributed by atoms with van der Waals surface area (Å²) in [5, 5.41) is 35.9. The summed E-state index contributed by atoms with van der Waals surface area (Å²) < 4.78 is 31.0. The summed E-state index contributed by atoms with van der Waals surface area (Å²) in [6.07, 6.45) is 10.3. The van der Waals surface area contributed by atoms with Crippen molar-refractivity contribution in [3.63, 3.8) is 0 Å². The van der Waals surface area contributed by atoms with E-state index in [9.17, 15) is 29.7 Å². The number of likely N-dealkylation sites (tertiary alicyclic amines) is 1. The molecule has 61 heavy (non-hydrogen) atoms. The summed E-state index contributed by atoms with van der Waals surface area (Å²) in [7, 11) is 1.71. The average molecular weight is 837 g/mol. The van der Waals surface area contributed by atoms with Gasteiger partial charge >= 0.3 is 5.97 Å². The molecule has 9 rings (SSSR count). The first-order valence-corrected chi connectivity index (χ1v) is 21.9. The second-order valence-electron chi connectivity index (χ2n) is 17.5. The normalized spacial score (nSPS) is 28.5. The molecule has 2 aliphatic carbocycles. The molecule has 4 aliphatic heterocycles. The van der Waals surface area contributed by atoms with Crippen LogP contribution in [0.4, 0.5) is 0 Å². The summed E-state index contributed by atoms with van der Waals surface area (Å²) in [5.74, 6) is -1.18. The number of H-pyrrole nitrogens is 1. The van der Waals surface area contributed by atoms with Crippen molar-refractivity contribution < 1.29 is 53.4 Å². The van der Waals surface area contributed by atoms with Gasteiger partial charge in [-0.15, -0.1) is 0 Å². The van der Waals surface area contributed by atoms with Gasteiger partial charge in [-0.3, -0.25) is 9.59 Å². The van der Waals surface area contributed by atoms with Gasteiger partial charge < -0.3 is 48.9 Å². The maximum Gasteiger partial charge on any atom is 0.375 e. The number of aldehydes is 1. The monoisotopic (exact) mass is 836 g/mol. The number of nitrogens with zero attached hydrogens (tertiary/aromatic N) is 1. The lowest BCUT2D eigenvalue weighted by Crippen LogP contribution is -2.58. The molecule has 4 N–H and O–H groups in total. The highest BCUT2D eigenvalue weighted by molar-refractivity contribution is 6.11. The number of rotatable bonds is 10. The van der Waals surface area contributed by atoms with Crippen LogP contribution in [0.25, 0.3) is 16.5 Å². The molecule has 0 spiro atoms. The molecule has 2 fully saturated rings. The lowest BCUT2D eigenvalue weighted by atomic mass is 9.66. The fourth-order valence-corrected chi connectivity index (χ4v) is 11.0. The number of aliphatic hydroxyl groups excluding tert-OH is 2. The Labute approximate surface area is 355 Å². The van der Waals surface area contributed by atoms with Gasteiger partial charge in [-0.1, -0.05) is 17.7 Å². The van der Waals surface area contributed by atoms with E-state index in [1.165, 1.54) is 0 Å². The number of ether oxygens (including phenoxy) is 5. The maximum atomic E-state index is 14.1. The van der Waals surface area contributed by atoms with E-state index in [1.54, 1.807) is 14.0 Å². The molecule has 6 aliphatic rings. The summed E-state index contributed by atoms with van der Waals surface area (Å²) in [4.78, 5) is 47.0. The number of Topliss-reactive ketones (excluding diaryl/α,β-unsaturated/α-hetero) is 1. The number of aliphatic hydroxyl groups is 3. The Kier molecular flexibility index (Phi) is 11.7. The summed E-state index contributed by atoms with van der Waals surface area (Å²) in [6.45, 7) is 4.30. The molecule has 0 radical (unpaired) electrons. The Hall–Kier alpha value is -4.79. The minimum absolute atomic E-state index is 0.0239. The van der Waals surface area contributed by atoms with E-state index in [4.69, 9.17) is 23.7 Å². The van der Waals surface area contributed by atoms with E-state index in [0.717, 1.165) is 60.1 Å². The molecule has 324 valence electrons. The minimum atomic E-state index is -1.26. The van der Waals surface area contributed by atoms with Crippen molar-refractivity contribution in [2.45, 2.75) is 88.9 Å². The second kappa shape index (κ2) is 17.2. The molecular weight excluding hydrogens is 781 g/mol. The summed E-state index contributed by atoms with van der Waals surface area (Å²) in [6, 6.07) is 6.14. The molecule has 13 nitrogen and oxygen atoms in total. The minimum Gasteiger partial charge on any atom is -0.492 e. The molecule has 1 saturated heterocycles. The number of ketones is 1. The zero-order valence-corrected chi connectivity index (χ0v) is 35.0. The second-order valence-corrected chi connectivity index (χ2v) is 17.5. The molecule has 1 saturated carbocycles. The van der Waals surface area contributed by atoms with Crippen LogP contribution in [0.5, 0.6) is 17.2 Å². The van der Waals surface area contributed by atoms with E-state index in [-0.39, 0.29) is 85.3 Å². The number of aromatic amines is 1. The van der Waals surface area contributed by atoms with E-state index < -0.39 is 30.2 Å². The van der Waals surface area contributed by atoms with E-state index >= 15 is 0 Å². The summed E-state index contributed by atoms with van der Waals surface area (Å²) >= 11 is 0. The number of carbonyl (C=O) groups excluding carboxylic acids is 3. The highest BCUT2D eigenvalue weighted by atomic mass is 16.6. The number of carbonyl (C=O) groups is 3. The smallest absolute Gasteiger partial charge is 0.375 e. The van der Waals surface area contributed by atoms with Crippen molar-refractivity contribution >= 4 is 34.5 Å². The van der Waals surface area contributed by atoms with E-state index in [0.29, 0.717) is 66.8 Å². The number of hydrogen-bond donors (Lipinski definition) is 4. The third kappa shape index (κ3) is 7.31. The zero-order chi connectivity index (χ0) is 42.4. The molecule has 0 amide bonds. The van der Waals surface area contributed by atoms with Gasteiger partial charge in [-0.2, -0.15) is 0 Å². The quantitative estimate of drug-likeness (QED) is 0.0904. The fraction of sp³-hybridized carbons (Fsp3) is 0.521. The standard InChI is InChI=1S/C48H56N2O11/c1-3-58-47(55)46-35(24-52)41-30-9-10-39(54)33(19-30)32-18-29-11-14-49-38(29)20-28(32)8-7-27(23-51)26-59-44-34-21-40(60-43(34)36(25-53)45(61-46)42(41)44)48(56)13-4-6-31-22-50(15-5-17-57-2)16-12-37(31)48/h4,6,11,14,18,20,24,27,31,33,37,40,49,51,53,56H,3,5,7-10,12-13,15-17,19,21-23,25-26H2,1-2H3/b41-30-/t27-,31-,33+,37-,40+,48-/m1/s1. The Morgan fingerprint density at radius 3 is 2.77 bits per heavy atom. The van der Waals surface area contributed by atoms with Gasteiger partial charge in [-0.25, -0.2) is 4.79 Å². The molecule has 0 unspecified atom stereocenters. The first kappa shape index (κ1) is 41.6. The van der Waals surface area contributed by atoms with Gasteiger partial charge in [0.25, 0.3) is 0 Å². The predicted molar refractivity (Wildman–Crippen MR) is 225 cm³/mol. The van der Waals surface area contributed by atoms with Crippen LogP contribution < -0.4 is 14.2 Å². The molecular formula is C48H56N2O11. The Morgan fingerprint density at radius 2 is 1.98 bits per heavy atom. The van der Waals surface area contributed by atoms with Crippen molar-refractivity contribution in [2.75, 3.05) is 53.2 Å². The van der Waals surface area contributed by atoms with Crippen LogP contribution in [-0.4, -0.2) is 108 Å². The Balaban J connectivity index is 1.20. The van der Waals surface area contributed by atoms with E-state index in [1.807, 2.05) is 18.3 Å². The fourth-order valence-electron chi connectivity index (χ4n) is 11.0. The van der Waals surface area contributed by atoms with Crippen molar-refractivity contribution in [3.05, 3.63) is 81.3 Å². The largest absolute Gasteiger partial charge is 0.492 e. The number of benzene rings is 2. The molecule has 2 aromatic carbocycles.